The van der Waals surface area contributed by atoms with Gasteiger partial charge in [0, 0.05) is 19.3 Å². The summed E-state index contributed by atoms with van der Waals surface area (Å²) in [4.78, 5) is 1.97. The van der Waals surface area contributed by atoms with Gasteiger partial charge in [0.2, 0.25) is 0 Å². The van der Waals surface area contributed by atoms with Gasteiger partial charge in [-0.25, -0.2) is 0 Å². The minimum atomic E-state index is -4.63. The monoisotopic (exact) mass is 233 g/mol. The van der Waals surface area contributed by atoms with Gasteiger partial charge in [-0.15, -0.1) is 13.2 Å². The van der Waals surface area contributed by atoms with Crippen molar-refractivity contribution >= 4 is 5.69 Å². The third kappa shape index (κ3) is 4.00. The standard InChI is InChI=1S/C11H14F3NO/c1-3-8-15(2)9-4-6-10(7-5-9)16-11(12,13)14/h4-7H,3,8H2,1-2H3. The van der Waals surface area contributed by atoms with Crippen molar-refractivity contribution in [3.63, 3.8) is 0 Å². The summed E-state index contributed by atoms with van der Waals surface area (Å²) < 4.78 is 39.4. The summed E-state index contributed by atoms with van der Waals surface area (Å²) in [5.41, 5.74) is 0.872. The van der Waals surface area contributed by atoms with Crippen LogP contribution in [-0.4, -0.2) is 20.0 Å². The quantitative estimate of drug-likeness (QED) is 0.790. The number of hydrogen-bond acceptors (Lipinski definition) is 2. The number of alkyl halides is 3. The number of hydrogen-bond donors (Lipinski definition) is 0. The lowest BCUT2D eigenvalue weighted by molar-refractivity contribution is -0.274. The van der Waals surface area contributed by atoms with E-state index in [0.717, 1.165) is 18.7 Å². The predicted molar refractivity (Wildman–Crippen MR) is 56.7 cm³/mol. The molecule has 16 heavy (non-hydrogen) atoms. The van der Waals surface area contributed by atoms with Gasteiger partial charge < -0.3 is 9.64 Å². The maximum absolute atomic E-state index is 11.9. The highest BCUT2D eigenvalue weighted by molar-refractivity contribution is 5.48. The van der Waals surface area contributed by atoms with Crippen molar-refractivity contribution in [1.82, 2.24) is 0 Å². The molecule has 1 aromatic rings. The summed E-state index contributed by atoms with van der Waals surface area (Å²) in [5.74, 6) is -0.193. The van der Waals surface area contributed by atoms with Crippen molar-refractivity contribution in [2.24, 2.45) is 0 Å². The largest absolute Gasteiger partial charge is 0.573 e. The first-order valence-corrected chi connectivity index (χ1v) is 4.99. The molecule has 0 aliphatic rings. The first-order valence-electron chi connectivity index (χ1n) is 4.99. The molecule has 2 nitrogen and oxygen atoms in total. The van der Waals surface area contributed by atoms with Crippen LogP contribution in [0, 0.1) is 0 Å². The molecule has 0 spiro atoms. The molecule has 0 heterocycles. The molecule has 5 heteroatoms. The fourth-order valence-corrected chi connectivity index (χ4v) is 1.37. The third-order valence-corrected chi connectivity index (χ3v) is 2.07. The second-order valence-corrected chi connectivity index (χ2v) is 3.46. The van der Waals surface area contributed by atoms with E-state index < -0.39 is 6.36 Å². The molecule has 0 aliphatic carbocycles. The summed E-state index contributed by atoms with van der Waals surface area (Å²) in [5, 5.41) is 0. The Hall–Kier alpha value is -1.39. The molecular formula is C11H14F3NO. The van der Waals surface area contributed by atoms with Crippen LogP contribution in [0.3, 0.4) is 0 Å². The maximum atomic E-state index is 11.9. The van der Waals surface area contributed by atoms with Crippen LogP contribution in [0.1, 0.15) is 13.3 Å². The molecule has 90 valence electrons. The topological polar surface area (TPSA) is 12.5 Å². The fourth-order valence-electron chi connectivity index (χ4n) is 1.37. The van der Waals surface area contributed by atoms with Crippen LogP contribution < -0.4 is 9.64 Å². The van der Waals surface area contributed by atoms with E-state index >= 15 is 0 Å². The van der Waals surface area contributed by atoms with Crippen LogP contribution in [0.15, 0.2) is 24.3 Å². The van der Waals surface area contributed by atoms with E-state index in [4.69, 9.17) is 0 Å². The van der Waals surface area contributed by atoms with E-state index in [2.05, 4.69) is 4.74 Å². The highest BCUT2D eigenvalue weighted by Crippen LogP contribution is 2.24. The molecule has 1 aromatic carbocycles. The number of nitrogens with zero attached hydrogens (tertiary/aromatic N) is 1. The second-order valence-electron chi connectivity index (χ2n) is 3.46. The minimum Gasteiger partial charge on any atom is -0.406 e. The van der Waals surface area contributed by atoms with E-state index in [0.29, 0.717) is 0 Å². The van der Waals surface area contributed by atoms with Crippen LogP contribution >= 0.6 is 0 Å². The Morgan fingerprint density at radius 3 is 2.19 bits per heavy atom. The SMILES string of the molecule is CCCN(C)c1ccc(OC(F)(F)F)cc1. The second kappa shape index (κ2) is 5.09. The highest BCUT2D eigenvalue weighted by atomic mass is 19.4. The molecule has 0 bridgehead atoms. The fraction of sp³-hybridized carbons (Fsp3) is 0.455. The van der Waals surface area contributed by atoms with Crippen LogP contribution in [0.5, 0.6) is 5.75 Å². The van der Waals surface area contributed by atoms with Crippen molar-refractivity contribution in [1.29, 1.82) is 0 Å². The Morgan fingerprint density at radius 1 is 1.19 bits per heavy atom. The van der Waals surface area contributed by atoms with Crippen molar-refractivity contribution in [3.8, 4) is 5.75 Å². The van der Waals surface area contributed by atoms with Gasteiger partial charge in [-0.2, -0.15) is 0 Å². The maximum Gasteiger partial charge on any atom is 0.573 e. The average molecular weight is 233 g/mol. The lowest BCUT2D eigenvalue weighted by atomic mass is 10.2. The van der Waals surface area contributed by atoms with Crippen LogP contribution in [0.25, 0.3) is 0 Å². The zero-order valence-corrected chi connectivity index (χ0v) is 9.21. The molecule has 0 saturated carbocycles. The molecule has 0 amide bonds. The Labute approximate surface area is 92.6 Å². The molecule has 0 radical (unpaired) electrons. The molecule has 0 aliphatic heterocycles. The zero-order chi connectivity index (χ0) is 12.2. The van der Waals surface area contributed by atoms with Gasteiger partial charge in [-0.05, 0) is 30.7 Å². The summed E-state index contributed by atoms with van der Waals surface area (Å²) >= 11 is 0. The Morgan fingerprint density at radius 2 is 1.75 bits per heavy atom. The Bertz CT molecular complexity index is 321. The van der Waals surface area contributed by atoms with E-state index in [1.165, 1.54) is 12.1 Å². The lowest BCUT2D eigenvalue weighted by Gasteiger charge is -2.18. The molecule has 0 aromatic heterocycles. The normalized spacial score (nSPS) is 11.3. The van der Waals surface area contributed by atoms with Crippen molar-refractivity contribution < 1.29 is 17.9 Å². The molecule has 0 atom stereocenters. The highest BCUT2D eigenvalue weighted by Gasteiger charge is 2.30. The minimum absolute atomic E-state index is 0.193. The summed E-state index contributed by atoms with van der Waals surface area (Å²) in [6, 6.07) is 5.84. The van der Waals surface area contributed by atoms with E-state index in [1.54, 1.807) is 12.1 Å². The molecule has 0 unspecified atom stereocenters. The van der Waals surface area contributed by atoms with Crippen molar-refractivity contribution in [2.75, 3.05) is 18.5 Å². The van der Waals surface area contributed by atoms with E-state index in [-0.39, 0.29) is 5.75 Å². The zero-order valence-electron chi connectivity index (χ0n) is 9.21. The van der Waals surface area contributed by atoms with Crippen molar-refractivity contribution in [2.45, 2.75) is 19.7 Å². The number of benzene rings is 1. The Balaban J connectivity index is 2.68. The summed E-state index contributed by atoms with van der Waals surface area (Å²) in [7, 11) is 1.89. The van der Waals surface area contributed by atoms with Gasteiger partial charge in [-0.1, -0.05) is 6.92 Å². The molecule has 0 saturated heterocycles. The Kier molecular flexibility index (Phi) is 4.04. The number of ether oxygens (including phenoxy) is 1. The van der Waals surface area contributed by atoms with Crippen LogP contribution in [0.4, 0.5) is 18.9 Å². The molecule has 1 rings (SSSR count). The van der Waals surface area contributed by atoms with Gasteiger partial charge in [0.25, 0.3) is 0 Å². The smallest absolute Gasteiger partial charge is 0.406 e. The first kappa shape index (κ1) is 12.7. The van der Waals surface area contributed by atoms with Crippen LogP contribution in [0.2, 0.25) is 0 Å². The van der Waals surface area contributed by atoms with Gasteiger partial charge in [0.15, 0.2) is 0 Å². The summed E-state index contributed by atoms with van der Waals surface area (Å²) in [6.07, 6.45) is -3.64. The van der Waals surface area contributed by atoms with E-state index in [9.17, 15) is 13.2 Å². The van der Waals surface area contributed by atoms with E-state index in [1.807, 2.05) is 18.9 Å². The van der Waals surface area contributed by atoms with Gasteiger partial charge >= 0.3 is 6.36 Å². The van der Waals surface area contributed by atoms with Crippen molar-refractivity contribution in [3.05, 3.63) is 24.3 Å². The third-order valence-electron chi connectivity index (χ3n) is 2.07. The van der Waals surface area contributed by atoms with Crippen LogP contribution in [-0.2, 0) is 0 Å². The first-order chi connectivity index (χ1) is 7.42. The van der Waals surface area contributed by atoms with Gasteiger partial charge in [-0.3, -0.25) is 0 Å². The van der Waals surface area contributed by atoms with Gasteiger partial charge in [0.1, 0.15) is 5.75 Å². The number of rotatable bonds is 4. The number of halogens is 3. The summed E-state index contributed by atoms with van der Waals surface area (Å²) in [6.45, 7) is 2.90. The molecular weight excluding hydrogens is 219 g/mol. The number of anilines is 1. The lowest BCUT2D eigenvalue weighted by Crippen LogP contribution is -2.18. The van der Waals surface area contributed by atoms with Gasteiger partial charge in [0.05, 0.1) is 0 Å². The average Bonchev–Trinajstić information content (AvgIpc) is 2.16. The molecule has 0 N–H and O–H groups in total. The molecule has 0 fully saturated rings. The predicted octanol–water partition coefficient (Wildman–Crippen LogP) is 3.43.